The second-order valence-corrected chi connectivity index (χ2v) is 5.58. The molecule has 2 aromatic carbocycles. The molecule has 0 heterocycles. The zero-order valence-corrected chi connectivity index (χ0v) is 13.0. The van der Waals surface area contributed by atoms with Crippen LogP contribution in [0.25, 0.3) is 0 Å². The first-order valence-corrected chi connectivity index (χ1v) is 7.18. The van der Waals surface area contributed by atoms with Gasteiger partial charge in [0.05, 0.1) is 16.5 Å². The molecule has 2 rings (SSSR count). The summed E-state index contributed by atoms with van der Waals surface area (Å²) < 4.78 is 5.72. The predicted molar refractivity (Wildman–Crippen MR) is 83.5 cm³/mol. The molecule has 0 saturated heterocycles. The minimum absolute atomic E-state index is 0.194. The first-order chi connectivity index (χ1) is 9.95. The van der Waals surface area contributed by atoms with Crippen molar-refractivity contribution in [1.29, 1.82) is 0 Å². The minimum Gasteiger partial charge on any atom is -0.485 e. The Morgan fingerprint density at radius 3 is 2.29 bits per heavy atom. The van der Waals surface area contributed by atoms with Crippen LogP contribution in [-0.4, -0.2) is 11.1 Å². The van der Waals surface area contributed by atoms with Crippen LogP contribution in [0.3, 0.4) is 0 Å². The minimum atomic E-state index is -0.972. The van der Waals surface area contributed by atoms with E-state index in [4.69, 9.17) is 44.6 Å². The molecule has 3 nitrogen and oxygen atoms in total. The molecule has 0 bridgehead atoms. The Balaban J connectivity index is 2.26. The molecule has 2 aromatic rings. The van der Waals surface area contributed by atoms with E-state index in [1.54, 1.807) is 42.5 Å². The summed E-state index contributed by atoms with van der Waals surface area (Å²) in [7, 11) is 0. The van der Waals surface area contributed by atoms with Crippen LogP contribution in [0.5, 0.6) is 5.75 Å². The van der Waals surface area contributed by atoms with Crippen LogP contribution in [-0.2, 0) is 4.79 Å². The number of carboxylic acids is 1. The summed E-state index contributed by atoms with van der Waals surface area (Å²) >= 11 is 17.6. The predicted octanol–water partition coefficient (Wildman–Crippen LogP) is 5.24. The Labute approximate surface area is 137 Å². The number of ether oxygens (including phenoxy) is 1. The van der Waals surface area contributed by atoms with Crippen molar-refractivity contribution in [3.05, 3.63) is 63.1 Å². The maximum absolute atomic E-state index is 11.0. The molecular weight excluding hydrogens is 335 g/mol. The van der Waals surface area contributed by atoms with Gasteiger partial charge in [-0.2, -0.15) is 0 Å². The number of hydrogen-bond donors (Lipinski definition) is 1. The van der Waals surface area contributed by atoms with Gasteiger partial charge in [0.2, 0.25) is 0 Å². The van der Waals surface area contributed by atoms with Gasteiger partial charge in [-0.3, -0.25) is 4.79 Å². The normalized spacial score (nSPS) is 12.0. The lowest BCUT2D eigenvalue weighted by Crippen LogP contribution is -2.13. The molecular formula is C15H11Cl3O3. The second-order valence-electron chi connectivity index (χ2n) is 4.33. The zero-order valence-electron chi connectivity index (χ0n) is 10.7. The van der Waals surface area contributed by atoms with Gasteiger partial charge >= 0.3 is 5.97 Å². The summed E-state index contributed by atoms with van der Waals surface area (Å²) in [4.78, 5) is 11.0. The standard InChI is InChI=1S/C15H11Cl3O3/c16-10-2-4-11(5-3-10)21-14(8-15(19)20)9-1-6-12(17)13(18)7-9/h1-7,14H,8H2,(H,19,20)/t14-/m0/s1. The summed E-state index contributed by atoms with van der Waals surface area (Å²) in [6.07, 6.45) is -0.862. The molecule has 0 spiro atoms. The average Bonchev–Trinajstić information content (AvgIpc) is 2.43. The fraction of sp³-hybridized carbons (Fsp3) is 0.133. The van der Waals surface area contributed by atoms with E-state index in [1.807, 2.05) is 0 Å². The molecule has 110 valence electrons. The van der Waals surface area contributed by atoms with Crippen LogP contribution in [0.2, 0.25) is 15.1 Å². The molecule has 21 heavy (non-hydrogen) atoms. The van der Waals surface area contributed by atoms with Gasteiger partial charge in [0.15, 0.2) is 0 Å². The molecule has 0 saturated carbocycles. The van der Waals surface area contributed by atoms with Gasteiger partial charge in [-0.1, -0.05) is 40.9 Å². The molecule has 0 amide bonds. The van der Waals surface area contributed by atoms with Crippen molar-refractivity contribution in [2.45, 2.75) is 12.5 Å². The van der Waals surface area contributed by atoms with Gasteiger partial charge in [-0.05, 0) is 42.0 Å². The Morgan fingerprint density at radius 2 is 1.71 bits per heavy atom. The van der Waals surface area contributed by atoms with Crippen molar-refractivity contribution in [3.63, 3.8) is 0 Å². The van der Waals surface area contributed by atoms with E-state index in [1.165, 1.54) is 0 Å². The summed E-state index contributed by atoms with van der Waals surface area (Å²) in [6.45, 7) is 0. The first-order valence-electron chi connectivity index (χ1n) is 6.04. The number of carbonyl (C=O) groups is 1. The van der Waals surface area contributed by atoms with E-state index >= 15 is 0 Å². The van der Waals surface area contributed by atoms with E-state index in [0.29, 0.717) is 26.4 Å². The number of hydrogen-bond acceptors (Lipinski definition) is 2. The molecule has 1 N–H and O–H groups in total. The monoisotopic (exact) mass is 344 g/mol. The van der Waals surface area contributed by atoms with Gasteiger partial charge < -0.3 is 9.84 Å². The van der Waals surface area contributed by atoms with Crippen molar-refractivity contribution in [3.8, 4) is 5.75 Å². The molecule has 0 radical (unpaired) electrons. The van der Waals surface area contributed by atoms with Crippen LogP contribution >= 0.6 is 34.8 Å². The Morgan fingerprint density at radius 1 is 1.05 bits per heavy atom. The van der Waals surface area contributed by atoms with Crippen LogP contribution < -0.4 is 4.74 Å². The molecule has 6 heteroatoms. The van der Waals surface area contributed by atoms with E-state index in [2.05, 4.69) is 0 Å². The number of benzene rings is 2. The summed E-state index contributed by atoms with van der Waals surface area (Å²) in [5.74, 6) is -0.447. The van der Waals surface area contributed by atoms with Gasteiger partial charge in [0.25, 0.3) is 0 Å². The average molecular weight is 346 g/mol. The van der Waals surface area contributed by atoms with Crippen LogP contribution in [0.1, 0.15) is 18.1 Å². The molecule has 0 aliphatic carbocycles. The number of carboxylic acid groups (broad SMARTS) is 1. The second kappa shape index (κ2) is 7.03. The molecule has 0 unspecified atom stereocenters. The van der Waals surface area contributed by atoms with Gasteiger partial charge in [-0.25, -0.2) is 0 Å². The molecule has 0 aliphatic heterocycles. The third kappa shape index (κ3) is 4.53. The van der Waals surface area contributed by atoms with Crippen molar-refractivity contribution < 1.29 is 14.6 Å². The lowest BCUT2D eigenvalue weighted by Gasteiger charge is -2.18. The molecule has 0 aromatic heterocycles. The largest absolute Gasteiger partial charge is 0.485 e. The highest BCUT2D eigenvalue weighted by Gasteiger charge is 2.18. The lowest BCUT2D eigenvalue weighted by atomic mass is 10.1. The third-order valence-electron chi connectivity index (χ3n) is 2.77. The number of rotatable bonds is 5. The summed E-state index contributed by atoms with van der Waals surface area (Å²) in [5, 5.41) is 10.4. The van der Waals surface area contributed by atoms with E-state index in [9.17, 15) is 4.79 Å². The maximum atomic E-state index is 11.0. The molecule has 1 atom stereocenters. The Kier molecular flexibility index (Phi) is 5.34. The van der Waals surface area contributed by atoms with Gasteiger partial charge in [0.1, 0.15) is 11.9 Å². The van der Waals surface area contributed by atoms with Crippen LogP contribution in [0.15, 0.2) is 42.5 Å². The van der Waals surface area contributed by atoms with Crippen LogP contribution in [0.4, 0.5) is 0 Å². The van der Waals surface area contributed by atoms with Crippen molar-refractivity contribution in [2.24, 2.45) is 0 Å². The highest BCUT2D eigenvalue weighted by Crippen LogP contribution is 2.30. The lowest BCUT2D eigenvalue weighted by molar-refractivity contribution is -0.138. The Bertz CT molecular complexity index is 641. The van der Waals surface area contributed by atoms with E-state index in [-0.39, 0.29) is 6.42 Å². The van der Waals surface area contributed by atoms with Crippen LogP contribution in [0, 0.1) is 0 Å². The number of halogens is 3. The van der Waals surface area contributed by atoms with Gasteiger partial charge in [-0.15, -0.1) is 0 Å². The zero-order chi connectivity index (χ0) is 15.4. The Hall–Kier alpha value is -1.42. The maximum Gasteiger partial charge on any atom is 0.307 e. The van der Waals surface area contributed by atoms with Crippen molar-refractivity contribution in [2.75, 3.05) is 0 Å². The molecule has 0 aliphatic rings. The smallest absolute Gasteiger partial charge is 0.307 e. The topological polar surface area (TPSA) is 46.5 Å². The third-order valence-corrected chi connectivity index (χ3v) is 3.76. The SMILES string of the molecule is O=C(O)C[C@H](Oc1ccc(Cl)cc1)c1ccc(Cl)c(Cl)c1. The molecule has 0 fully saturated rings. The van der Waals surface area contributed by atoms with Crippen molar-refractivity contribution >= 4 is 40.8 Å². The van der Waals surface area contributed by atoms with Crippen molar-refractivity contribution in [1.82, 2.24) is 0 Å². The van der Waals surface area contributed by atoms with E-state index in [0.717, 1.165) is 0 Å². The summed E-state index contributed by atoms with van der Waals surface area (Å²) in [6, 6.07) is 11.6. The highest BCUT2D eigenvalue weighted by molar-refractivity contribution is 6.42. The quantitative estimate of drug-likeness (QED) is 0.806. The summed E-state index contributed by atoms with van der Waals surface area (Å²) in [5.41, 5.74) is 0.641. The fourth-order valence-corrected chi connectivity index (χ4v) is 2.21. The van der Waals surface area contributed by atoms with Gasteiger partial charge in [0, 0.05) is 5.02 Å². The number of aliphatic carboxylic acids is 1. The highest BCUT2D eigenvalue weighted by atomic mass is 35.5. The first kappa shape index (κ1) is 16.0. The fourth-order valence-electron chi connectivity index (χ4n) is 1.78. The van der Waals surface area contributed by atoms with E-state index < -0.39 is 12.1 Å².